The minimum atomic E-state index is -3.05. The first-order valence-corrected chi connectivity index (χ1v) is 10.4. The molecule has 1 saturated heterocycles. The van der Waals surface area contributed by atoms with Crippen LogP contribution in [-0.4, -0.2) is 45.4 Å². The first kappa shape index (κ1) is 22.3. The number of nitrogens with zero attached hydrogens (tertiary/aromatic N) is 3. The Kier molecular flexibility index (Phi) is 5.96. The smallest absolute Gasteiger partial charge is 0.266 e. The molecule has 0 unspecified atom stereocenters. The van der Waals surface area contributed by atoms with Crippen LogP contribution in [0.15, 0.2) is 36.5 Å². The number of halogens is 3. The Labute approximate surface area is 183 Å². The highest BCUT2D eigenvalue weighted by Gasteiger charge is 2.33. The third kappa shape index (κ3) is 4.22. The third-order valence-corrected chi connectivity index (χ3v) is 6.18. The standard InChI is InChI=1S/C23H25F3N4O2/c1-13(16-10-15(31)11-18(21(16)24)22(25)26)28-20-12-27-29-19-4-3-14(9-17(19)20)23(32)5-7-30(2)8-6-23/h3-4,9-13,22,31-32H,5-8H2,1-2H3,(H,28,29)/t13-/m1/s1. The van der Waals surface area contributed by atoms with Crippen molar-refractivity contribution in [1.29, 1.82) is 0 Å². The Bertz CT molecular complexity index is 1130. The molecule has 9 heteroatoms. The molecule has 32 heavy (non-hydrogen) atoms. The first-order valence-electron chi connectivity index (χ1n) is 10.4. The zero-order chi connectivity index (χ0) is 23.0. The number of phenols is 1. The summed E-state index contributed by atoms with van der Waals surface area (Å²) in [4.78, 5) is 2.16. The quantitative estimate of drug-likeness (QED) is 0.536. The van der Waals surface area contributed by atoms with E-state index in [2.05, 4.69) is 20.4 Å². The molecule has 3 aromatic rings. The van der Waals surface area contributed by atoms with Crippen molar-refractivity contribution < 1.29 is 23.4 Å². The van der Waals surface area contributed by atoms with Gasteiger partial charge in [-0.2, -0.15) is 10.2 Å². The molecule has 0 spiro atoms. The van der Waals surface area contributed by atoms with Crippen LogP contribution in [0, 0.1) is 5.82 Å². The molecule has 1 aliphatic heterocycles. The summed E-state index contributed by atoms with van der Waals surface area (Å²) in [6.45, 7) is 3.15. The number of piperidine rings is 1. The number of phenolic OH excluding ortho intramolecular Hbond substituents is 1. The maximum atomic E-state index is 14.7. The average Bonchev–Trinajstić information content (AvgIpc) is 2.77. The molecule has 6 nitrogen and oxygen atoms in total. The minimum Gasteiger partial charge on any atom is -0.508 e. The third-order valence-electron chi connectivity index (χ3n) is 6.18. The van der Waals surface area contributed by atoms with Crippen molar-refractivity contribution in [2.45, 2.75) is 37.8 Å². The summed E-state index contributed by atoms with van der Waals surface area (Å²) in [5, 5.41) is 32.8. The first-order chi connectivity index (χ1) is 15.2. The monoisotopic (exact) mass is 446 g/mol. The number of alkyl halides is 2. The van der Waals surface area contributed by atoms with Crippen LogP contribution in [0.25, 0.3) is 10.9 Å². The summed E-state index contributed by atoms with van der Waals surface area (Å²) in [6.07, 6.45) is -0.389. The lowest BCUT2D eigenvalue weighted by atomic mass is 9.84. The zero-order valence-electron chi connectivity index (χ0n) is 17.8. The van der Waals surface area contributed by atoms with Crippen molar-refractivity contribution in [3.05, 3.63) is 59.0 Å². The SMILES string of the molecule is C[C@@H](Nc1cnnc2ccc(C3(O)CCN(C)CC3)cc12)c1cc(O)cc(C(F)F)c1F. The lowest BCUT2D eigenvalue weighted by Crippen LogP contribution is -2.40. The van der Waals surface area contributed by atoms with E-state index in [0.29, 0.717) is 29.4 Å². The number of rotatable bonds is 5. The van der Waals surface area contributed by atoms with Crippen molar-refractivity contribution >= 4 is 16.6 Å². The molecule has 2 heterocycles. The summed E-state index contributed by atoms with van der Waals surface area (Å²) >= 11 is 0. The number of aromatic nitrogens is 2. The lowest BCUT2D eigenvalue weighted by Gasteiger charge is -2.37. The molecule has 0 radical (unpaired) electrons. The topological polar surface area (TPSA) is 81.5 Å². The van der Waals surface area contributed by atoms with Crippen LogP contribution in [0.3, 0.4) is 0 Å². The molecule has 0 aliphatic carbocycles. The van der Waals surface area contributed by atoms with Crippen LogP contribution in [0.5, 0.6) is 5.75 Å². The number of aliphatic hydroxyl groups is 1. The second-order valence-electron chi connectivity index (χ2n) is 8.43. The average molecular weight is 446 g/mol. The summed E-state index contributed by atoms with van der Waals surface area (Å²) in [6, 6.07) is 6.55. The van der Waals surface area contributed by atoms with Gasteiger partial charge in [0.25, 0.3) is 6.43 Å². The molecule has 1 aliphatic rings. The Morgan fingerprint density at radius 2 is 1.81 bits per heavy atom. The van der Waals surface area contributed by atoms with E-state index in [1.54, 1.807) is 13.0 Å². The van der Waals surface area contributed by atoms with Gasteiger partial charge in [-0.1, -0.05) is 6.07 Å². The van der Waals surface area contributed by atoms with Gasteiger partial charge in [0.15, 0.2) is 0 Å². The summed E-state index contributed by atoms with van der Waals surface area (Å²) in [5.74, 6) is -1.50. The normalized spacial score (nSPS) is 17.6. The van der Waals surface area contributed by atoms with E-state index in [1.165, 1.54) is 6.20 Å². The van der Waals surface area contributed by atoms with Crippen LogP contribution in [-0.2, 0) is 5.60 Å². The van der Waals surface area contributed by atoms with Crippen LogP contribution in [0.4, 0.5) is 18.9 Å². The number of hydrogen-bond donors (Lipinski definition) is 3. The van der Waals surface area contributed by atoms with E-state index in [4.69, 9.17) is 0 Å². The molecule has 0 amide bonds. The molecule has 2 aromatic carbocycles. The van der Waals surface area contributed by atoms with Gasteiger partial charge in [0.05, 0.1) is 34.6 Å². The van der Waals surface area contributed by atoms with E-state index in [-0.39, 0.29) is 5.56 Å². The van der Waals surface area contributed by atoms with E-state index in [1.807, 2.05) is 19.2 Å². The minimum absolute atomic E-state index is 0.0876. The summed E-state index contributed by atoms with van der Waals surface area (Å²) in [5.41, 5.74) is -0.0516. The number of anilines is 1. The van der Waals surface area contributed by atoms with Gasteiger partial charge in [0, 0.05) is 24.0 Å². The zero-order valence-corrected chi connectivity index (χ0v) is 17.8. The molecule has 1 fully saturated rings. The number of fused-ring (bicyclic) bond motifs is 1. The van der Waals surface area contributed by atoms with Crippen molar-refractivity contribution in [3.63, 3.8) is 0 Å². The molecule has 0 bridgehead atoms. The Hall–Kier alpha value is -2.91. The van der Waals surface area contributed by atoms with E-state index in [9.17, 15) is 23.4 Å². The van der Waals surface area contributed by atoms with Gasteiger partial charge in [-0.15, -0.1) is 0 Å². The lowest BCUT2D eigenvalue weighted by molar-refractivity contribution is -0.0202. The highest BCUT2D eigenvalue weighted by molar-refractivity contribution is 5.91. The van der Waals surface area contributed by atoms with E-state index >= 15 is 0 Å². The van der Waals surface area contributed by atoms with Crippen molar-refractivity contribution in [1.82, 2.24) is 15.1 Å². The second kappa shape index (κ2) is 8.55. The molecule has 3 N–H and O–H groups in total. The number of hydrogen-bond acceptors (Lipinski definition) is 6. The van der Waals surface area contributed by atoms with Crippen molar-refractivity contribution in [2.75, 3.05) is 25.5 Å². The molecule has 1 aromatic heterocycles. The van der Waals surface area contributed by atoms with Crippen LogP contribution in [0.1, 0.15) is 48.9 Å². The summed E-state index contributed by atoms with van der Waals surface area (Å²) in [7, 11) is 2.01. The van der Waals surface area contributed by atoms with E-state index in [0.717, 1.165) is 30.8 Å². The van der Waals surface area contributed by atoms with Crippen molar-refractivity contribution in [2.24, 2.45) is 0 Å². The van der Waals surface area contributed by atoms with Crippen LogP contribution >= 0.6 is 0 Å². The molecule has 1 atom stereocenters. The fraction of sp³-hybridized carbons (Fsp3) is 0.391. The second-order valence-corrected chi connectivity index (χ2v) is 8.43. The predicted octanol–water partition coefficient (Wildman–Crippen LogP) is 4.50. The van der Waals surface area contributed by atoms with Gasteiger partial charge in [-0.05, 0) is 56.6 Å². The molecule has 0 saturated carbocycles. The van der Waals surface area contributed by atoms with Crippen LogP contribution in [0.2, 0.25) is 0 Å². The number of aromatic hydroxyl groups is 1. The molecular weight excluding hydrogens is 421 g/mol. The fourth-order valence-electron chi connectivity index (χ4n) is 4.18. The largest absolute Gasteiger partial charge is 0.508 e. The van der Waals surface area contributed by atoms with Gasteiger partial charge in [0.2, 0.25) is 0 Å². The highest BCUT2D eigenvalue weighted by Crippen LogP contribution is 2.37. The maximum Gasteiger partial charge on any atom is 0.266 e. The van der Waals surface area contributed by atoms with Gasteiger partial charge in [0.1, 0.15) is 11.6 Å². The fourth-order valence-corrected chi connectivity index (χ4v) is 4.18. The van der Waals surface area contributed by atoms with Gasteiger partial charge in [-0.25, -0.2) is 13.2 Å². The maximum absolute atomic E-state index is 14.7. The predicted molar refractivity (Wildman–Crippen MR) is 115 cm³/mol. The van der Waals surface area contributed by atoms with E-state index < -0.39 is 35.2 Å². The van der Waals surface area contributed by atoms with Gasteiger partial charge < -0.3 is 20.4 Å². The molecular formula is C23H25F3N4O2. The van der Waals surface area contributed by atoms with Crippen molar-refractivity contribution in [3.8, 4) is 5.75 Å². The highest BCUT2D eigenvalue weighted by atomic mass is 19.3. The molecule has 4 rings (SSSR count). The Morgan fingerprint density at radius 3 is 2.50 bits per heavy atom. The Morgan fingerprint density at radius 1 is 1.12 bits per heavy atom. The summed E-state index contributed by atoms with van der Waals surface area (Å²) < 4.78 is 41.0. The number of nitrogens with one attached hydrogen (secondary N) is 1. The molecule has 170 valence electrons. The van der Waals surface area contributed by atoms with Crippen LogP contribution < -0.4 is 5.32 Å². The number of benzene rings is 2. The Balaban J connectivity index is 1.69. The van der Waals surface area contributed by atoms with Gasteiger partial charge >= 0.3 is 0 Å². The number of likely N-dealkylation sites (tertiary alicyclic amines) is 1. The van der Waals surface area contributed by atoms with Gasteiger partial charge in [-0.3, -0.25) is 0 Å².